The molecule has 0 spiro atoms. The molecule has 1 saturated carbocycles. The summed E-state index contributed by atoms with van der Waals surface area (Å²) in [5.41, 5.74) is 0.290. The van der Waals surface area contributed by atoms with E-state index in [4.69, 9.17) is 11.6 Å². The number of nitro groups is 1. The first-order valence-corrected chi connectivity index (χ1v) is 7.56. The normalized spacial score (nSPS) is 14.5. The van der Waals surface area contributed by atoms with Gasteiger partial charge in [0.2, 0.25) is 0 Å². The minimum absolute atomic E-state index is 0.0482. The van der Waals surface area contributed by atoms with Crippen molar-refractivity contribution in [3.8, 4) is 11.4 Å². The van der Waals surface area contributed by atoms with Crippen molar-refractivity contribution in [1.29, 1.82) is 0 Å². The molecule has 0 bridgehead atoms. The van der Waals surface area contributed by atoms with E-state index in [-0.39, 0.29) is 5.69 Å². The summed E-state index contributed by atoms with van der Waals surface area (Å²) in [7, 11) is 0. The summed E-state index contributed by atoms with van der Waals surface area (Å²) >= 11 is 9.53. The second-order valence-corrected chi connectivity index (χ2v) is 5.53. The highest BCUT2D eigenvalue weighted by Crippen LogP contribution is 2.42. The molecule has 0 saturated heterocycles. The van der Waals surface area contributed by atoms with Gasteiger partial charge < -0.3 is 4.57 Å². The topological polar surface area (TPSA) is 73.8 Å². The zero-order chi connectivity index (χ0) is 14.3. The minimum atomic E-state index is -0.444. The largest absolute Gasteiger partial charge is 0.307 e. The van der Waals surface area contributed by atoms with Crippen LogP contribution in [0.1, 0.15) is 24.7 Å². The molecule has 1 aliphatic carbocycles. The number of hydrogen-bond donors (Lipinski definition) is 0. The van der Waals surface area contributed by atoms with Gasteiger partial charge in [0.05, 0.1) is 15.3 Å². The van der Waals surface area contributed by atoms with E-state index in [1.54, 1.807) is 12.1 Å². The maximum absolute atomic E-state index is 11.2. The maximum Gasteiger partial charge on any atom is 0.281 e. The molecule has 104 valence electrons. The molecule has 1 aliphatic rings. The van der Waals surface area contributed by atoms with Crippen LogP contribution in [0.4, 0.5) is 5.69 Å². The van der Waals surface area contributed by atoms with Gasteiger partial charge in [-0.15, -0.1) is 10.2 Å². The van der Waals surface area contributed by atoms with Crippen LogP contribution in [0.5, 0.6) is 0 Å². The lowest BCUT2D eigenvalue weighted by atomic mass is 10.1. The molecule has 0 radical (unpaired) electrons. The van der Waals surface area contributed by atoms with Crippen molar-refractivity contribution < 1.29 is 4.92 Å². The molecule has 6 nitrogen and oxygen atoms in total. The Morgan fingerprint density at radius 2 is 2.20 bits per heavy atom. The highest BCUT2D eigenvalue weighted by molar-refractivity contribution is 9.08. The molecular formula is C12H10BrClN4O2. The average molecular weight is 358 g/mol. The monoisotopic (exact) mass is 356 g/mol. The molecule has 1 heterocycles. The van der Waals surface area contributed by atoms with Crippen LogP contribution in [0.3, 0.4) is 0 Å². The van der Waals surface area contributed by atoms with E-state index in [1.165, 1.54) is 6.07 Å². The predicted octanol–water partition coefficient (Wildman–Crippen LogP) is 3.74. The van der Waals surface area contributed by atoms with Crippen LogP contribution in [0, 0.1) is 10.1 Å². The number of alkyl halides is 1. The molecule has 0 amide bonds. The first-order chi connectivity index (χ1) is 9.63. The van der Waals surface area contributed by atoms with Crippen molar-refractivity contribution in [3.63, 3.8) is 0 Å². The Morgan fingerprint density at radius 3 is 2.80 bits per heavy atom. The van der Waals surface area contributed by atoms with Crippen molar-refractivity contribution in [1.82, 2.24) is 14.8 Å². The number of nitrogens with zero attached hydrogens (tertiary/aromatic N) is 4. The average Bonchev–Trinajstić information content (AvgIpc) is 3.18. The van der Waals surface area contributed by atoms with E-state index < -0.39 is 4.92 Å². The van der Waals surface area contributed by atoms with Gasteiger partial charge >= 0.3 is 0 Å². The van der Waals surface area contributed by atoms with Crippen molar-refractivity contribution in [2.75, 3.05) is 0 Å². The van der Waals surface area contributed by atoms with E-state index in [1.807, 2.05) is 4.57 Å². The lowest BCUT2D eigenvalue weighted by Gasteiger charge is -2.09. The van der Waals surface area contributed by atoms with Crippen LogP contribution in [-0.2, 0) is 5.33 Å². The Labute approximate surface area is 128 Å². The fourth-order valence-corrected chi connectivity index (χ4v) is 2.82. The van der Waals surface area contributed by atoms with Crippen LogP contribution < -0.4 is 0 Å². The minimum Gasteiger partial charge on any atom is -0.307 e. The Hall–Kier alpha value is -1.47. The second-order valence-electron chi connectivity index (χ2n) is 4.57. The number of hydrogen-bond acceptors (Lipinski definition) is 4. The lowest BCUT2D eigenvalue weighted by Crippen LogP contribution is -2.03. The summed E-state index contributed by atoms with van der Waals surface area (Å²) in [6, 6.07) is 4.93. The van der Waals surface area contributed by atoms with Gasteiger partial charge in [-0.05, 0) is 18.9 Å². The Kier molecular flexibility index (Phi) is 3.47. The van der Waals surface area contributed by atoms with Gasteiger partial charge in [-0.1, -0.05) is 33.6 Å². The molecule has 0 atom stereocenters. The van der Waals surface area contributed by atoms with E-state index in [0.717, 1.165) is 18.7 Å². The zero-order valence-corrected chi connectivity index (χ0v) is 12.6. The van der Waals surface area contributed by atoms with Crippen LogP contribution in [0.2, 0.25) is 5.02 Å². The number of rotatable bonds is 4. The zero-order valence-electron chi connectivity index (χ0n) is 10.3. The molecule has 1 fully saturated rings. The molecule has 0 N–H and O–H groups in total. The van der Waals surface area contributed by atoms with E-state index in [0.29, 0.717) is 27.8 Å². The van der Waals surface area contributed by atoms with Gasteiger partial charge in [0.15, 0.2) is 5.82 Å². The van der Waals surface area contributed by atoms with Crippen molar-refractivity contribution >= 4 is 33.2 Å². The standard InChI is InChI=1S/C12H10BrClN4O2/c13-6-10-15-16-12(17(10)7-4-5-7)11-8(14)2-1-3-9(11)18(19)20/h1-3,7H,4-6H2. The van der Waals surface area contributed by atoms with Gasteiger partial charge in [0.25, 0.3) is 5.69 Å². The number of benzene rings is 1. The summed E-state index contributed by atoms with van der Waals surface area (Å²) in [4.78, 5) is 10.8. The third-order valence-electron chi connectivity index (χ3n) is 3.21. The third-order valence-corrected chi connectivity index (χ3v) is 4.03. The van der Waals surface area contributed by atoms with Gasteiger partial charge in [0.1, 0.15) is 11.4 Å². The Morgan fingerprint density at radius 1 is 1.45 bits per heavy atom. The van der Waals surface area contributed by atoms with Crippen LogP contribution in [0.25, 0.3) is 11.4 Å². The van der Waals surface area contributed by atoms with E-state index >= 15 is 0 Å². The maximum atomic E-state index is 11.2. The molecule has 3 rings (SSSR count). The van der Waals surface area contributed by atoms with E-state index in [9.17, 15) is 10.1 Å². The van der Waals surface area contributed by atoms with Gasteiger partial charge in [-0.3, -0.25) is 10.1 Å². The fourth-order valence-electron chi connectivity index (χ4n) is 2.19. The molecule has 1 aromatic carbocycles. The molecule has 0 aliphatic heterocycles. The summed E-state index contributed by atoms with van der Waals surface area (Å²) in [5, 5.41) is 20.3. The summed E-state index contributed by atoms with van der Waals surface area (Å²) in [5.74, 6) is 1.23. The lowest BCUT2D eigenvalue weighted by molar-refractivity contribution is -0.384. The molecule has 8 heteroatoms. The summed E-state index contributed by atoms with van der Waals surface area (Å²) in [6.45, 7) is 0. The highest BCUT2D eigenvalue weighted by Gasteiger charge is 2.32. The number of nitro benzene ring substituents is 1. The Balaban J connectivity index is 2.24. The highest BCUT2D eigenvalue weighted by atomic mass is 79.9. The van der Waals surface area contributed by atoms with Crippen molar-refractivity contribution in [2.24, 2.45) is 0 Å². The van der Waals surface area contributed by atoms with Crippen LogP contribution in [-0.4, -0.2) is 19.7 Å². The number of aromatic nitrogens is 3. The first-order valence-electron chi connectivity index (χ1n) is 6.06. The molecule has 2 aromatic rings. The van der Waals surface area contributed by atoms with Gasteiger partial charge in [-0.25, -0.2) is 0 Å². The number of halogens is 2. The second kappa shape index (κ2) is 5.14. The fraction of sp³-hybridized carbons (Fsp3) is 0.333. The predicted molar refractivity (Wildman–Crippen MR) is 78.0 cm³/mol. The van der Waals surface area contributed by atoms with Crippen molar-refractivity contribution in [2.45, 2.75) is 24.2 Å². The third kappa shape index (κ3) is 2.20. The molecule has 1 aromatic heterocycles. The van der Waals surface area contributed by atoms with Gasteiger partial charge in [-0.2, -0.15) is 0 Å². The summed E-state index contributed by atoms with van der Waals surface area (Å²) in [6.07, 6.45) is 2.06. The molecular weight excluding hydrogens is 348 g/mol. The smallest absolute Gasteiger partial charge is 0.281 e. The quantitative estimate of drug-likeness (QED) is 0.474. The molecule has 0 unspecified atom stereocenters. The van der Waals surface area contributed by atoms with Crippen LogP contribution >= 0.6 is 27.5 Å². The van der Waals surface area contributed by atoms with Crippen molar-refractivity contribution in [3.05, 3.63) is 39.2 Å². The van der Waals surface area contributed by atoms with E-state index in [2.05, 4.69) is 26.1 Å². The van der Waals surface area contributed by atoms with Gasteiger partial charge in [0, 0.05) is 12.1 Å². The SMILES string of the molecule is O=[N+]([O-])c1cccc(Cl)c1-c1nnc(CBr)n1C1CC1. The molecule has 20 heavy (non-hydrogen) atoms. The summed E-state index contributed by atoms with van der Waals surface area (Å²) < 4.78 is 1.95. The van der Waals surface area contributed by atoms with Crippen LogP contribution in [0.15, 0.2) is 18.2 Å². The Bertz CT molecular complexity index is 684. The first kappa shape index (κ1) is 13.5.